The second-order valence-electron chi connectivity index (χ2n) is 5.95. The van der Waals surface area contributed by atoms with Crippen LogP contribution < -0.4 is 10.9 Å². The van der Waals surface area contributed by atoms with E-state index in [1.54, 1.807) is 0 Å². The van der Waals surface area contributed by atoms with E-state index in [9.17, 15) is 4.79 Å². The largest absolute Gasteiger partial charge is 0.464 e. The van der Waals surface area contributed by atoms with Gasteiger partial charge in [0.2, 0.25) is 0 Å². The molecule has 0 aliphatic heterocycles. The van der Waals surface area contributed by atoms with Gasteiger partial charge in [0.05, 0.1) is 12.3 Å². The first-order chi connectivity index (χ1) is 9.82. The predicted octanol–water partition coefficient (Wildman–Crippen LogP) is 2.85. The highest BCUT2D eigenvalue weighted by atomic mass is 32.2. The van der Waals surface area contributed by atoms with Crippen molar-refractivity contribution in [2.24, 2.45) is 0 Å². The Kier molecular flexibility index (Phi) is 4.90. The first kappa shape index (κ1) is 15.9. The average molecular weight is 307 g/mol. The van der Waals surface area contributed by atoms with Gasteiger partial charge in [-0.25, -0.2) is 4.98 Å². The van der Waals surface area contributed by atoms with Crippen molar-refractivity contribution in [1.82, 2.24) is 15.3 Å². The summed E-state index contributed by atoms with van der Waals surface area (Å²) in [7, 11) is 0. The zero-order chi connectivity index (χ0) is 15.5. The highest BCUT2D eigenvalue weighted by Gasteiger charge is 2.10. The van der Waals surface area contributed by atoms with Crippen LogP contribution in [0.3, 0.4) is 0 Å². The fourth-order valence-corrected chi connectivity index (χ4v) is 2.52. The number of aromatic nitrogens is 2. The first-order valence-corrected chi connectivity index (χ1v) is 7.84. The molecule has 0 aromatic carbocycles. The maximum absolute atomic E-state index is 11.4. The molecule has 2 aromatic rings. The third kappa shape index (κ3) is 5.40. The molecular formula is C15H21N3O2S. The molecule has 0 atom stereocenters. The Labute approximate surface area is 128 Å². The summed E-state index contributed by atoms with van der Waals surface area (Å²) in [6.07, 6.45) is 0. The van der Waals surface area contributed by atoms with E-state index in [0.29, 0.717) is 17.5 Å². The molecule has 2 N–H and O–H groups in total. The van der Waals surface area contributed by atoms with Crippen LogP contribution >= 0.6 is 11.8 Å². The molecule has 0 saturated carbocycles. The van der Waals surface area contributed by atoms with Crippen LogP contribution in [0.4, 0.5) is 0 Å². The van der Waals surface area contributed by atoms with E-state index < -0.39 is 0 Å². The molecule has 0 bridgehead atoms. The van der Waals surface area contributed by atoms with Gasteiger partial charge < -0.3 is 14.7 Å². The monoisotopic (exact) mass is 307 g/mol. The number of nitrogens with one attached hydrogen (secondary N) is 2. The fraction of sp³-hybridized carbons (Fsp3) is 0.467. The Balaban J connectivity index is 1.92. The van der Waals surface area contributed by atoms with Gasteiger partial charge in [0.15, 0.2) is 5.16 Å². The van der Waals surface area contributed by atoms with E-state index in [1.165, 1.54) is 17.8 Å². The summed E-state index contributed by atoms with van der Waals surface area (Å²) in [5.74, 6) is 2.42. The second kappa shape index (κ2) is 6.49. The van der Waals surface area contributed by atoms with Crippen molar-refractivity contribution in [3.63, 3.8) is 0 Å². The molecule has 5 nitrogen and oxygen atoms in total. The zero-order valence-corrected chi connectivity index (χ0v) is 13.6. The van der Waals surface area contributed by atoms with Gasteiger partial charge in [-0.1, -0.05) is 11.8 Å². The fourth-order valence-electron chi connectivity index (χ4n) is 1.71. The van der Waals surface area contributed by atoms with E-state index in [1.807, 2.05) is 19.1 Å². The van der Waals surface area contributed by atoms with Gasteiger partial charge >= 0.3 is 0 Å². The van der Waals surface area contributed by atoms with Crippen LogP contribution in [0.5, 0.6) is 0 Å². The molecule has 21 heavy (non-hydrogen) atoms. The van der Waals surface area contributed by atoms with Crippen molar-refractivity contribution in [3.8, 4) is 0 Å². The Morgan fingerprint density at radius 2 is 2.05 bits per heavy atom. The standard InChI is InChI=1S/C15H21N3O2S/c1-10-7-13(19)18-14(17-10)21-9-12-6-5-11(20-12)8-16-15(2,3)4/h5-7,16H,8-9H2,1-4H3,(H,17,18,19). The highest BCUT2D eigenvalue weighted by molar-refractivity contribution is 7.98. The maximum atomic E-state index is 11.4. The van der Waals surface area contributed by atoms with E-state index in [4.69, 9.17) is 4.42 Å². The van der Waals surface area contributed by atoms with Crippen molar-refractivity contribution < 1.29 is 4.42 Å². The van der Waals surface area contributed by atoms with Crippen molar-refractivity contribution in [3.05, 3.63) is 45.8 Å². The molecule has 0 aliphatic carbocycles. The Hall–Kier alpha value is -1.53. The summed E-state index contributed by atoms with van der Waals surface area (Å²) in [6.45, 7) is 8.86. The number of aromatic amines is 1. The summed E-state index contributed by atoms with van der Waals surface area (Å²) < 4.78 is 5.76. The number of nitrogens with zero attached hydrogens (tertiary/aromatic N) is 1. The van der Waals surface area contributed by atoms with Gasteiger partial charge in [-0.3, -0.25) is 4.79 Å². The van der Waals surface area contributed by atoms with Gasteiger partial charge in [0, 0.05) is 17.3 Å². The van der Waals surface area contributed by atoms with Gasteiger partial charge in [-0.15, -0.1) is 0 Å². The third-order valence-electron chi connectivity index (χ3n) is 2.71. The summed E-state index contributed by atoms with van der Waals surface area (Å²) in [5, 5.41) is 4.00. The van der Waals surface area contributed by atoms with E-state index >= 15 is 0 Å². The Morgan fingerprint density at radius 3 is 2.71 bits per heavy atom. The number of thioether (sulfide) groups is 1. The van der Waals surface area contributed by atoms with E-state index in [-0.39, 0.29) is 11.1 Å². The molecule has 0 fully saturated rings. The molecule has 6 heteroatoms. The minimum absolute atomic E-state index is 0.0622. The van der Waals surface area contributed by atoms with Crippen LogP contribution in [-0.2, 0) is 12.3 Å². The minimum Gasteiger partial charge on any atom is -0.464 e. The van der Waals surface area contributed by atoms with Gasteiger partial charge in [0.1, 0.15) is 11.5 Å². The summed E-state index contributed by atoms with van der Waals surface area (Å²) >= 11 is 1.46. The Bertz CT molecular complexity index is 655. The summed E-state index contributed by atoms with van der Waals surface area (Å²) in [6, 6.07) is 5.41. The number of aryl methyl sites for hydroxylation is 1. The van der Waals surface area contributed by atoms with Crippen LogP contribution in [-0.4, -0.2) is 15.5 Å². The zero-order valence-electron chi connectivity index (χ0n) is 12.8. The van der Waals surface area contributed by atoms with Crippen molar-refractivity contribution in [1.29, 1.82) is 0 Å². The van der Waals surface area contributed by atoms with Gasteiger partial charge in [-0.2, -0.15) is 0 Å². The number of rotatable bonds is 5. The molecule has 2 rings (SSSR count). The van der Waals surface area contributed by atoms with Crippen molar-refractivity contribution >= 4 is 11.8 Å². The summed E-state index contributed by atoms with van der Waals surface area (Å²) in [4.78, 5) is 18.4. The molecule has 0 saturated heterocycles. The lowest BCUT2D eigenvalue weighted by molar-refractivity contribution is 0.382. The molecular weight excluding hydrogens is 286 g/mol. The van der Waals surface area contributed by atoms with Crippen LogP contribution in [0.25, 0.3) is 0 Å². The van der Waals surface area contributed by atoms with Crippen molar-refractivity contribution in [2.45, 2.75) is 50.7 Å². The quantitative estimate of drug-likeness (QED) is 0.656. The minimum atomic E-state index is -0.125. The topological polar surface area (TPSA) is 70.9 Å². The molecule has 114 valence electrons. The lowest BCUT2D eigenvalue weighted by atomic mass is 10.1. The van der Waals surface area contributed by atoms with Crippen LogP contribution in [0, 0.1) is 6.92 Å². The number of H-pyrrole nitrogens is 1. The molecule has 0 radical (unpaired) electrons. The highest BCUT2D eigenvalue weighted by Crippen LogP contribution is 2.20. The van der Waals surface area contributed by atoms with E-state index in [0.717, 1.165) is 17.2 Å². The molecule has 2 heterocycles. The second-order valence-corrected chi connectivity index (χ2v) is 6.92. The molecule has 0 spiro atoms. The molecule has 2 aromatic heterocycles. The third-order valence-corrected chi connectivity index (χ3v) is 3.61. The average Bonchev–Trinajstić information content (AvgIpc) is 2.80. The number of hydrogen-bond donors (Lipinski definition) is 2. The van der Waals surface area contributed by atoms with Crippen LogP contribution in [0.15, 0.2) is 32.6 Å². The van der Waals surface area contributed by atoms with Gasteiger partial charge in [-0.05, 0) is 39.8 Å². The molecule has 0 unspecified atom stereocenters. The number of furan rings is 1. The predicted molar refractivity (Wildman–Crippen MR) is 84.5 cm³/mol. The normalized spacial score (nSPS) is 11.8. The number of hydrogen-bond acceptors (Lipinski definition) is 5. The van der Waals surface area contributed by atoms with Gasteiger partial charge in [0.25, 0.3) is 5.56 Å². The lowest BCUT2D eigenvalue weighted by Crippen LogP contribution is -2.34. The molecule has 0 amide bonds. The maximum Gasteiger partial charge on any atom is 0.251 e. The first-order valence-electron chi connectivity index (χ1n) is 6.85. The summed E-state index contributed by atoms with van der Waals surface area (Å²) in [5.41, 5.74) is 0.655. The lowest BCUT2D eigenvalue weighted by Gasteiger charge is -2.19. The van der Waals surface area contributed by atoms with E-state index in [2.05, 4.69) is 36.1 Å². The smallest absolute Gasteiger partial charge is 0.251 e. The van der Waals surface area contributed by atoms with Crippen LogP contribution in [0.1, 0.15) is 38.0 Å². The van der Waals surface area contributed by atoms with Crippen LogP contribution in [0.2, 0.25) is 0 Å². The SMILES string of the molecule is Cc1cc(=O)[nH]c(SCc2ccc(CNC(C)(C)C)o2)n1. The molecule has 0 aliphatic rings. The Morgan fingerprint density at radius 1 is 1.33 bits per heavy atom. The van der Waals surface area contributed by atoms with Crippen molar-refractivity contribution in [2.75, 3.05) is 0 Å².